The van der Waals surface area contributed by atoms with E-state index in [1.54, 1.807) is 12.1 Å². The molecule has 0 heterocycles. The van der Waals surface area contributed by atoms with Crippen LogP contribution < -0.4 is 14.8 Å². The lowest BCUT2D eigenvalue weighted by Gasteiger charge is -2.09. The first-order valence-electron chi connectivity index (χ1n) is 7.12. The average molecular weight is 366 g/mol. The van der Waals surface area contributed by atoms with Gasteiger partial charge in [-0.1, -0.05) is 11.6 Å². The second-order valence-corrected chi connectivity index (χ2v) is 5.26. The maximum absolute atomic E-state index is 11.9. The summed E-state index contributed by atoms with van der Waals surface area (Å²) >= 11 is 5.96. The van der Waals surface area contributed by atoms with Crippen molar-refractivity contribution in [3.63, 3.8) is 0 Å². The number of phenolic OH excluding ortho intramolecular Hbond substituents is 1. The number of carbonyl (C=O) groups is 2. The van der Waals surface area contributed by atoms with Crippen LogP contribution in [0.15, 0.2) is 36.4 Å². The Hall–Kier alpha value is -2.93. The number of aromatic hydroxyl groups is 1. The number of hydrogen-bond donors (Lipinski definition) is 2. The zero-order valence-electron chi connectivity index (χ0n) is 13.5. The molecule has 2 aromatic rings. The Morgan fingerprint density at radius 3 is 2.48 bits per heavy atom. The number of methoxy groups -OCH3 is 2. The van der Waals surface area contributed by atoms with Gasteiger partial charge in [-0.25, -0.2) is 4.79 Å². The minimum Gasteiger partial charge on any atom is -0.507 e. The fourth-order valence-electron chi connectivity index (χ4n) is 1.96. The summed E-state index contributed by atoms with van der Waals surface area (Å²) in [6.45, 7) is -0.520. The van der Waals surface area contributed by atoms with Crippen molar-refractivity contribution in [3.8, 4) is 17.2 Å². The first-order valence-corrected chi connectivity index (χ1v) is 7.50. The summed E-state index contributed by atoms with van der Waals surface area (Å²) in [6, 6.07) is 8.82. The molecule has 0 aliphatic heterocycles. The minimum atomic E-state index is -0.830. The molecule has 7 nitrogen and oxygen atoms in total. The van der Waals surface area contributed by atoms with Crippen LogP contribution in [0.3, 0.4) is 0 Å². The van der Waals surface area contributed by atoms with E-state index in [0.29, 0.717) is 22.2 Å². The summed E-state index contributed by atoms with van der Waals surface area (Å²) in [5, 5.41) is 12.6. The molecule has 2 N–H and O–H groups in total. The third-order valence-corrected chi connectivity index (χ3v) is 3.49. The van der Waals surface area contributed by atoms with E-state index in [4.69, 9.17) is 25.8 Å². The van der Waals surface area contributed by atoms with Gasteiger partial charge in [-0.05, 0) is 30.3 Å². The van der Waals surface area contributed by atoms with Crippen molar-refractivity contribution in [2.45, 2.75) is 0 Å². The summed E-state index contributed by atoms with van der Waals surface area (Å²) < 4.78 is 14.8. The number of rotatable bonds is 6. The Morgan fingerprint density at radius 1 is 1.12 bits per heavy atom. The first kappa shape index (κ1) is 18.4. The third kappa shape index (κ3) is 4.77. The smallest absolute Gasteiger partial charge is 0.342 e. The van der Waals surface area contributed by atoms with Crippen molar-refractivity contribution >= 4 is 29.2 Å². The fraction of sp³-hybridized carbons (Fsp3) is 0.176. The number of carbonyl (C=O) groups excluding carboxylic acids is 2. The predicted molar refractivity (Wildman–Crippen MR) is 91.6 cm³/mol. The van der Waals surface area contributed by atoms with Crippen LogP contribution in [-0.2, 0) is 9.53 Å². The molecule has 0 aromatic heterocycles. The molecule has 8 heteroatoms. The van der Waals surface area contributed by atoms with Crippen molar-refractivity contribution < 1.29 is 28.9 Å². The van der Waals surface area contributed by atoms with Gasteiger partial charge in [0, 0.05) is 11.8 Å². The van der Waals surface area contributed by atoms with Crippen LogP contribution in [0.5, 0.6) is 17.2 Å². The molecule has 0 spiro atoms. The zero-order valence-corrected chi connectivity index (χ0v) is 14.3. The van der Waals surface area contributed by atoms with Gasteiger partial charge in [0.05, 0.1) is 19.2 Å². The van der Waals surface area contributed by atoms with E-state index in [1.807, 2.05) is 0 Å². The van der Waals surface area contributed by atoms with Gasteiger partial charge in [0.15, 0.2) is 6.61 Å². The molecule has 0 saturated heterocycles. The maximum atomic E-state index is 11.9. The monoisotopic (exact) mass is 365 g/mol. The normalized spacial score (nSPS) is 10.0. The van der Waals surface area contributed by atoms with Crippen LogP contribution in [0.2, 0.25) is 5.02 Å². The van der Waals surface area contributed by atoms with Crippen LogP contribution >= 0.6 is 11.6 Å². The molecule has 0 unspecified atom stereocenters. The van der Waals surface area contributed by atoms with Crippen LogP contribution in [0.1, 0.15) is 10.4 Å². The Balaban J connectivity index is 1.93. The third-order valence-electron chi connectivity index (χ3n) is 3.19. The van der Waals surface area contributed by atoms with Crippen LogP contribution in [0, 0.1) is 0 Å². The van der Waals surface area contributed by atoms with Crippen LogP contribution in [0.25, 0.3) is 0 Å². The quantitative estimate of drug-likeness (QED) is 0.764. The molecule has 0 saturated carbocycles. The van der Waals surface area contributed by atoms with Crippen molar-refractivity contribution in [2.24, 2.45) is 0 Å². The molecule has 2 rings (SSSR count). The summed E-state index contributed by atoms with van der Waals surface area (Å²) in [4.78, 5) is 23.8. The zero-order chi connectivity index (χ0) is 18.4. The number of nitrogens with one attached hydrogen (secondary N) is 1. The SMILES string of the molecule is COc1ccc(C(=O)OCC(=O)Nc2ccc(OC)c(Cl)c2)c(O)c1. The first-order chi connectivity index (χ1) is 11.9. The summed E-state index contributed by atoms with van der Waals surface area (Å²) in [7, 11) is 2.91. The summed E-state index contributed by atoms with van der Waals surface area (Å²) in [5.41, 5.74) is 0.361. The molecule has 0 bridgehead atoms. The van der Waals surface area contributed by atoms with Gasteiger partial charge in [0.25, 0.3) is 5.91 Å². The molecule has 2 aromatic carbocycles. The van der Waals surface area contributed by atoms with Gasteiger partial charge in [0.2, 0.25) is 0 Å². The van der Waals surface area contributed by atoms with E-state index in [9.17, 15) is 14.7 Å². The summed E-state index contributed by atoms with van der Waals surface area (Å²) in [5.74, 6) is -0.818. The Kier molecular flexibility index (Phi) is 6.08. The fourth-order valence-corrected chi connectivity index (χ4v) is 2.22. The van der Waals surface area contributed by atoms with E-state index in [-0.39, 0.29) is 11.3 Å². The second kappa shape index (κ2) is 8.25. The van der Waals surface area contributed by atoms with Crippen molar-refractivity contribution in [1.29, 1.82) is 0 Å². The highest BCUT2D eigenvalue weighted by molar-refractivity contribution is 6.32. The van der Waals surface area contributed by atoms with E-state index < -0.39 is 18.5 Å². The number of benzene rings is 2. The van der Waals surface area contributed by atoms with Crippen molar-refractivity contribution in [1.82, 2.24) is 0 Å². The van der Waals surface area contributed by atoms with Crippen molar-refractivity contribution in [2.75, 3.05) is 26.1 Å². The number of phenols is 1. The van der Waals surface area contributed by atoms with Gasteiger partial charge in [-0.3, -0.25) is 4.79 Å². The highest BCUT2D eigenvalue weighted by Gasteiger charge is 2.15. The summed E-state index contributed by atoms with van der Waals surface area (Å²) in [6.07, 6.45) is 0. The Morgan fingerprint density at radius 2 is 1.88 bits per heavy atom. The van der Waals surface area contributed by atoms with Gasteiger partial charge in [-0.2, -0.15) is 0 Å². The Bertz CT molecular complexity index is 793. The number of halogens is 1. The lowest BCUT2D eigenvalue weighted by molar-refractivity contribution is -0.119. The molecule has 25 heavy (non-hydrogen) atoms. The maximum Gasteiger partial charge on any atom is 0.342 e. The van der Waals surface area contributed by atoms with E-state index in [2.05, 4.69) is 5.32 Å². The highest BCUT2D eigenvalue weighted by Crippen LogP contribution is 2.27. The lowest BCUT2D eigenvalue weighted by Crippen LogP contribution is -2.21. The number of ether oxygens (including phenoxy) is 3. The largest absolute Gasteiger partial charge is 0.507 e. The van der Waals surface area contributed by atoms with Gasteiger partial charge in [0.1, 0.15) is 22.8 Å². The highest BCUT2D eigenvalue weighted by atomic mass is 35.5. The van der Waals surface area contributed by atoms with Crippen LogP contribution in [0.4, 0.5) is 5.69 Å². The topological polar surface area (TPSA) is 94.1 Å². The van der Waals surface area contributed by atoms with E-state index in [0.717, 1.165) is 0 Å². The standard InChI is InChI=1S/C17H16ClNO6/c1-23-11-4-5-12(14(20)8-11)17(22)25-9-16(21)19-10-3-6-15(24-2)13(18)7-10/h3-8,20H,9H2,1-2H3,(H,19,21). The minimum absolute atomic E-state index is 0.0684. The second-order valence-electron chi connectivity index (χ2n) is 4.86. The number of hydrogen-bond acceptors (Lipinski definition) is 6. The van der Waals surface area contributed by atoms with Gasteiger partial charge >= 0.3 is 5.97 Å². The predicted octanol–water partition coefficient (Wildman–Crippen LogP) is 2.86. The Labute approximate surface area is 149 Å². The number of esters is 1. The molecule has 0 aliphatic carbocycles. The number of anilines is 1. The van der Waals surface area contributed by atoms with Gasteiger partial charge in [-0.15, -0.1) is 0 Å². The van der Waals surface area contributed by atoms with E-state index >= 15 is 0 Å². The molecular formula is C17H16ClNO6. The van der Waals surface area contributed by atoms with Crippen molar-refractivity contribution in [3.05, 3.63) is 47.0 Å². The van der Waals surface area contributed by atoms with Gasteiger partial charge < -0.3 is 24.6 Å². The molecule has 132 valence electrons. The molecule has 0 aliphatic rings. The lowest BCUT2D eigenvalue weighted by atomic mass is 10.2. The molecule has 1 amide bonds. The molecule has 0 fully saturated rings. The molecule has 0 radical (unpaired) electrons. The number of amides is 1. The van der Waals surface area contributed by atoms with Crippen LogP contribution in [-0.4, -0.2) is 37.8 Å². The van der Waals surface area contributed by atoms with E-state index in [1.165, 1.54) is 38.5 Å². The molecule has 0 atom stereocenters. The molecular weight excluding hydrogens is 350 g/mol. The average Bonchev–Trinajstić information content (AvgIpc) is 2.59.